The third-order valence-corrected chi connectivity index (χ3v) is 4.24. The van der Waals surface area contributed by atoms with E-state index < -0.39 is 72.7 Å². The van der Waals surface area contributed by atoms with E-state index in [1.165, 1.54) is 6.08 Å². The smallest absolute Gasteiger partial charge is 0.339 e. The van der Waals surface area contributed by atoms with Gasteiger partial charge in [-0.25, -0.2) is 9.59 Å². The lowest BCUT2D eigenvalue weighted by molar-refractivity contribution is -0.180. The van der Waals surface area contributed by atoms with Crippen LogP contribution in [0.2, 0.25) is 0 Å². The van der Waals surface area contributed by atoms with Gasteiger partial charge in [-0.05, 0) is 0 Å². The van der Waals surface area contributed by atoms with Crippen LogP contribution in [-0.4, -0.2) is 101 Å². The molecule has 0 spiro atoms. The molecule has 0 heterocycles. The molecule has 0 aliphatic rings. The zero-order valence-corrected chi connectivity index (χ0v) is 20.6. The van der Waals surface area contributed by atoms with Gasteiger partial charge in [-0.1, -0.05) is 6.08 Å². The van der Waals surface area contributed by atoms with E-state index in [2.05, 4.69) is 35.0 Å². The summed E-state index contributed by atoms with van der Waals surface area (Å²) < 4.78 is 31.7. The first-order valence-electron chi connectivity index (χ1n) is 9.76. The first-order valence-corrected chi connectivity index (χ1v) is 9.76. The highest BCUT2D eigenvalue weighted by atomic mass is 16.6. The number of carbonyl (C=O) groups is 6. The van der Waals surface area contributed by atoms with Crippen molar-refractivity contribution in [2.24, 2.45) is 0 Å². The molecule has 0 atom stereocenters. The molecule has 1 N–H and O–H groups in total. The molecule has 0 aromatic heterocycles. The molecule has 0 fully saturated rings. The van der Waals surface area contributed by atoms with Gasteiger partial charge in [-0.2, -0.15) is 0 Å². The van der Waals surface area contributed by atoms with Crippen molar-refractivity contribution in [2.45, 2.75) is 36.9 Å². The molecule has 0 rings (SSSR count). The maximum Gasteiger partial charge on any atom is 0.339 e. The SMILES string of the molecule is C=CCOC(CC(=O)OC)(CC(=O)OC)C(=O)OC.COC(=O)CC(O)(CC(=O)OC)C(=O)OC. The van der Waals surface area contributed by atoms with E-state index in [0.717, 1.165) is 42.7 Å². The molecule has 0 aliphatic heterocycles. The average molecular weight is 508 g/mol. The van der Waals surface area contributed by atoms with Crippen molar-refractivity contribution in [2.75, 3.05) is 49.3 Å². The van der Waals surface area contributed by atoms with Crippen LogP contribution in [0.25, 0.3) is 0 Å². The lowest BCUT2D eigenvalue weighted by Crippen LogP contribution is -2.46. The van der Waals surface area contributed by atoms with Crippen molar-refractivity contribution >= 4 is 35.8 Å². The topological polar surface area (TPSA) is 187 Å². The summed E-state index contributed by atoms with van der Waals surface area (Å²) >= 11 is 0. The molecule has 0 unspecified atom stereocenters. The van der Waals surface area contributed by atoms with Gasteiger partial charge < -0.3 is 38.3 Å². The summed E-state index contributed by atoms with van der Waals surface area (Å²) in [6.07, 6.45) is -0.888. The van der Waals surface area contributed by atoms with Gasteiger partial charge in [0.25, 0.3) is 0 Å². The summed E-state index contributed by atoms with van der Waals surface area (Å²) in [6, 6.07) is 0. The predicted molar refractivity (Wildman–Crippen MR) is 114 cm³/mol. The zero-order chi connectivity index (χ0) is 27.7. The van der Waals surface area contributed by atoms with Gasteiger partial charge >= 0.3 is 35.8 Å². The largest absolute Gasteiger partial charge is 0.469 e. The summed E-state index contributed by atoms with van der Waals surface area (Å²) in [5, 5.41) is 9.81. The quantitative estimate of drug-likeness (QED) is 0.186. The Balaban J connectivity index is 0. The van der Waals surface area contributed by atoms with Gasteiger partial charge in [-0.3, -0.25) is 19.2 Å². The Labute approximate surface area is 202 Å². The lowest BCUT2D eigenvalue weighted by Gasteiger charge is -2.28. The van der Waals surface area contributed by atoms with Gasteiger partial charge in [0.15, 0.2) is 11.2 Å². The normalized spacial score (nSPS) is 10.5. The van der Waals surface area contributed by atoms with Crippen molar-refractivity contribution in [3.8, 4) is 0 Å². The minimum atomic E-state index is -2.26. The number of hydrogen-bond acceptors (Lipinski definition) is 14. The molecule has 14 heteroatoms. The van der Waals surface area contributed by atoms with Crippen molar-refractivity contribution in [1.29, 1.82) is 0 Å². The Morgan fingerprint density at radius 2 is 0.971 bits per heavy atom. The highest BCUT2D eigenvalue weighted by Gasteiger charge is 2.46. The Bertz CT molecular complexity index is 721. The number of hydrogen-bond donors (Lipinski definition) is 1. The summed E-state index contributed by atoms with van der Waals surface area (Å²) in [5.74, 6) is -5.04. The van der Waals surface area contributed by atoms with Crippen LogP contribution in [0.1, 0.15) is 25.7 Å². The Morgan fingerprint density at radius 3 is 1.26 bits per heavy atom. The molecular weight excluding hydrogens is 476 g/mol. The van der Waals surface area contributed by atoms with Crippen molar-refractivity contribution < 1.29 is 67.0 Å². The maximum atomic E-state index is 11.8. The van der Waals surface area contributed by atoms with E-state index in [1.54, 1.807) is 0 Å². The molecule has 0 radical (unpaired) electrons. The molecule has 0 saturated heterocycles. The van der Waals surface area contributed by atoms with E-state index in [4.69, 9.17) is 4.74 Å². The second kappa shape index (κ2) is 17.0. The molecular formula is C21H32O14. The summed E-state index contributed by atoms with van der Waals surface area (Å²) in [5.41, 5.74) is -4.03. The maximum absolute atomic E-state index is 11.8. The van der Waals surface area contributed by atoms with Gasteiger partial charge in [-0.15, -0.1) is 6.58 Å². The second-order valence-corrected chi connectivity index (χ2v) is 6.62. The fourth-order valence-electron chi connectivity index (χ4n) is 2.40. The van der Waals surface area contributed by atoms with E-state index in [0.29, 0.717) is 0 Å². The number of methoxy groups -OCH3 is 6. The Morgan fingerprint density at radius 1 is 0.629 bits per heavy atom. The predicted octanol–water partition coefficient (Wildman–Crippen LogP) is -0.756. The molecule has 0 aromatic carbocycles. The molecule has 35 heavy (non-hydrogen) atoms. The van der Waals surface area contributed by atoms with E-state index >= 15 is 0 Å². The third kappa shape index (κ3) is 12.0. The monoisotopic (exact) mass is 508 g/mol. The molecule has 0 amide bonds. The molecule has 0 aliphatic carbocycles. The fraction of sp³-hybridized carbons (Fsp3) is 0.619. The molecule has 0 aromatic rings. The van der Waals surface area contributed by atoms with Crippen LogP contribution in [0.4, 0.5) is 0 Å². The average Bonchev–Trinajstić information content (AvgIpc) is 2.85. The summed E-state index contributed by atoms with van der Waals surface area (Å²) in [7, 11) is 6.67. The van der Waals surface area contributed by atoms with Crippen molar-refractivity contribution in [3.05, 3.63) is 12.7 Å². The lowest BCUT2D eigenvalue weighted by atomic mass is 9.95. The van der Waals surface area contributed by atoms with Crippen LogP contribution in [0.5, 0.6) is 0 Å². The summed E-state index contributed by atoms with van der Waals surface area (Å²) in [4.78, 5) is 67.8. The van der Waals surface area contributed by atoms with Gasteiger partial charge in [0.1, 0.15) is 0 Å². The zero-order valence-electron chi connectivity index (χ0n) is 20.6. The number of ether oxygens (including phenoxy) is 7. The first kappa shape index (κ1) is 33.7. The Kier molecular flexibility index (Phi) is 16.3. The number of aliphatic hydroxyl groups is 1. The van der Waals surface area contributed by atoms with Crippen LogP contribution in [0.15, 0.2) is 12.7 Å². The van der Waals surface area contributed by atoms with E-state index in [1.807, 2.05) is 0 Å². The van der Waals surface area contributed by atoms with E-state index in [-0.39, 0.29) is 6.61 Å². The number of carbonyl (C=O) groups excluding carboxylic acids is 6. The Hall–Kier alpha value is -3.52. The van der Waals surface area contributed by atoms with Gasteiger partial charge in [0.2, 0.25) is 0 Å². The van der Waals surface area contributed by atoms with Crippen LogP contribution < -0.4 is 0 Å². The molecule has 0 saturated carbocycles. The van der Waals surface area contributed by atoms with Crippen molar-refractivity contribution in [3.63, 3.8) is 0 Å². The van der Waals surface area contributed by atoms with E-state index in [9.17, 15) is 33.9 Å². The van der Waals surface area contributed by atoms with Crippen molar-refractivity contribution in [1.82, 2.24) is 0 Å². The van der Waals surface area contributed by atoms with Crippen LogP contribution in [0.3, 0.4) is 0 Å². The van der Waals surface area contributed by atoms with Gasteiger partial charge in [0, 0.05) is 0 Å². The van der Waals surface area contributed by atoms with Gasteiger partial charge in [0.05, 0.1) is 74.9 Å². The van der Waals surface area contributed by atoms with Crippen LogP contribution in [-0.2, 0) is 61.9 Å². The highest BCUT2D eigenvalue weighted by Crippen LogP contribution is 2.24. The highest BCUT2D eigenvalue weighted by molar-refractivity contribution is 5.91. The van der Waals surface area contributed by atoms with Crippen LogP contribution >= 0.6 is 0 Å². The molecule has 14 nitrogen and oxygen atoms in total. The number of rotatable bonds is 13. The van der Waals surface area contributed by atoms with Crippen LogP contribution in [0, 0.1) is 0 Å². The second-order valence-electron chi connectivity index (χ2n) is 6.62. The first-order chi connectivity index (χ1) is 16.3. The molecule has 200 valence electrons. The fourth-order valence-corrected chi connectivity index (χ4v) is 2.40. The standard InChI is InChI=1S/C12H18O7.C9H14O7/c1-5-6-19-12(11(15)18-4,7-9(13)16-2)8-10(14)17-3;1-14-6(10)4-9(13,8(12)16-3)5-7(11)15-2/h5H,1,6-8H2,2-4H3;13H,4-5H2,1-3H3. The molecule has 0 bridgehead atoms. The minimum Gasteiger partial charge on any atom is -0.469 e. The number of esters is 6. The third-order valence-electron chi connectivity index (χ3n) is 4.24. The summed E-state index contributed by atoms with van der Waals surface area (Å²) in [6.45, 7) is 3.40. The minimum absolute atomic E-state index is 0.0386.